The fourth-order valence-corrected chi connectivity index (χ4v) is 1.85. The second-order valence-electron chi connectivity index (χ2n) is 3.82. The number of anilines is 1. The van der Waals surface area contributed by atoms with E-state index in [1.807, 2.05) is 11.8 Å². The lowest BCUT2D eigenvalue weighted by Gasteiger charge is -2.28. The van der Waals surface area contributed by atoms with Gasteiger partial charge < -0.3 is 9.64 Å². The van der Waals surface area contributed by atoms with Gasteiger partial charge in [0.25, 0.3) is 0 Å². The van der Waals surface area contributed by atoms with Crippen molar-refractivity contribution >= 4 is 11.9 Å². The summed E-state index contributed by atoms with van der Waals surface area (Å²) in [4.78, 5) is 13.7. The number of hydrogen-bond donors (Lipinski definition) is 0. The van der Waals surface area contributed by atoms with E-state index in [0.29, 0.717) is 31.2 Å². The summed E-state index contributed by atoms with van der Waals surface area (Å²) in [5.74, 6) is 0.283. The molecule has 1 aliphatic rings. The number of allylic oxidation sites excluding steroid dienone is 1. The molecular weight excluding hydrogens is 234 g/mol. The van der Waals surface area contributed by atoms with Gasteiger partial charge in [0.05, 0.1) is 18.7 Å². The zero-order chi connectivity index (χ0) is 13.1. The highest BCUT2D eigenvalue weighted by Crippen LogP contribution is 2.25. The maximum atomic E-state index is 11.9. The molecule has 1 aromatic heterocycles. The van der Waals surface area contributed by atoms with Crippen LogP contribution in [0.15, 0.2) is 23.9 Å². The summed E-state index contributed by atoms with van der Waals surface area (Å²) in [7, 11) is 0. The predicted octanol–water partition coefficient (Wildman–Crippen LogP) is 0.516. The van der Waals surface area contributed by atoms with Gasteiger partial charge >= 0.3 is 5.97 Å². The second kappa shape index (κ2) is 4.99. The van der Waals surface area contributed by atoms with Gasteiger partial charge in [-0.15, -0.1) is 6.58 Å². The van der Waals surface area contributed by atoms with E-state index in [0.717, 1.165) is 5.70 Å². The summed E-state index contributed by atoms with van der Waals surface area (Å²) in [6.07, 6.45) is 1.73. The second-order valence-corrected chi connectivity index (χ2v) is 3.82. The predicted molar refractivity (Wildman–Crippen MR) is 64.7 cm³/mol. The molecule has 0 atom stereocenters. The Morgan fingerprint density at radius 3 is 3.06 bits per heavy atom. The van der Waals surface area contributed by atoms with Crippen LogP contribution in [0.1, 0.15) is 13.8 Å². The number of nitrogens with zero attached hydrogens (tertiary/aromatic N) is 5. The summed E-state index contributed by atoms with van der Waals surface area (Å²) in [5.41, 5.74) is 1.37. The molecular formula is C11H15N5O2. The first kappa shape index (κ1) is 12.3. The lowest BCUT2D eigenvalue weighted by Crippen LogP contribution is -2.33. The fourth-order valence-electron chi connectivity index (χ4n) is 1.85. The first-order chi connectivity index (χ1) is 8.69. The molecule has 2 rings (SSSR count). The molecule has 0 unspecified atom stereocenters. The molecule has 0 spiro atoms. The SMILES string of the molecule is C=CCN1C(C)=C(C(=O)OCC)Cn2nnnc21. The lowest BCUT2D eigenvalue weighted by molar-refractivity contribution is -0.138. The van der Waals surface area contributed by atoms with Crippen molar-refractivity contribution in [1.29, 1.82) is 0 Å². The molecule has 0 aliphatic carbocycles. The van der Waals surface area contributed by atoms with Crippen LogP contribution >= 0.6 is 0 Å². The van der Waals surface area contributed by atoms with Gasteiger partial charge in [-0.1, -0.05) is 11.2 Å². The van der Waals surface area contributed by atoms with Crippen LogP contribution in [-0.4, -0.2) is 39.3 Å². The topological polar surface area (TPSA) is 73.1 Å². The zero-order valence-corrected chi connectivity index (χ0v) is 10.5. The Morgan fingerprint density at radius 1 is 1.61 bits per heavy atom. The van der Waals surface area contributed by atoms with Crippen molar-refractivity contribution in [2.75, 3.05) is 18.1 Å². The standard InChI is InChI=1S/C11H15N5O2/c1-4-6-15-8(3)9(10(17)18-5-2)7-16-11(15)12-13-14-16/h4H,1,5-7H2,2-3H3. The molecule has 1 aromatic rings. The van der Waals surface area contributed by atoms with Crippen LogP contribution in [-0.2, 0) is 16.1 Å². The number of carbonyl (C=O) groups is 1. The van der Waals surface area contributed by atoms with Gasteiger partial charge in [0.1, 0.15) is 0 Å². The van der Waals surface area contributed by atoms with Crippen molar-refractivity contribution < 1.29 is 9.53 Å². The summed E-state index contributed by atoms with van der Waals surface area (Å²) in [6, 6.07) is 0. The number of ether oxygens (including phenoxy) is 1. The smallest absolute Gasteiger partial charge is 0.337 e. The van der Waals surface area contributed by atoms with E-state index in [4.69, 9.17) is 4.74 Å². The number of aromatic nitrogens is 4. The Balaban J connectivity index is 2.38. The highest BCUT2D eigenvalue weighted by molar-refractivity contribution is 5.90. The van der Waals surface area contributed by atoms with E-state index < -0.39 is 0 Å². The Bertz CT molecular complexity index is 505. The molecule has 7 heteroatoms. The van der Waals surface area contributed by atoms with Crippen LogP contribution < -0.4 is 4.90 Å². The van der Waals surface area contributed by atoms with Gasteiger partial charge in [-0.05, 0) is 24.3 Å². The van der Waals surface area contributed by atoms with Crippen LogP contribution in [0.2, 0.25) is 0 Å². The number of esters is 1. The third-order valence-corrected chi connectivity index (χ3v) is 2.74. The monoisotopic (exact) mass is 249 g/mol. The van der Waals surface area contributed by atoms with Crippen molar-refractivity contribution in [2.24, 2.45) is 0 Å². The molecule has 0 amide bonds. The molecule has 0 saturated heterocycles. The molecule has 18 heavy (non-hydrogen) atoms. The molecule has 0 bridgehead atoms. The largest absolute Gasteiger partial charge is 0.463 e. The van der Waals surface area contributed by atoms with E-state index in [9.17, 15) is 4.79 Å². The van der Waals surface area contributed by atoms with E-state index in [1.165, 1.54) is 0 Å². The molecule has 7 nitrogen and oxygen atoms in total. The average molecular weight is 249 g/mol. The summed E-state index contributed by atoms with van der Waals surface area (Å²) in [5, 5.41) is 11.4. The Labute approximate surface area is 105 Å². The number of carbonyl (C=O) groups excluding carboxylic acids is 1. The van der Waals surface area contributed by atoms with Crippen molar-refractivity contribution in [1.82, 2.24) is 20.2 Å². The highest BCUT2D eigenvalue weighted by Gasteiger charge is 2.28. The Morgan fingerprint density at radius 2 is 2.39 bits per heavy atom. The molecule has 0 saturated carbocycles. The van der Waals surface area contributed by atoms with Gasteiger partial charge in [0.15, 0.2) is 0 Å². The maximum absolute atomic E-state index is 11.9. The lowest BCUT2D eigenvalue weighted by atomic mass is 10.1. The van der Waals surface area contributed by atoms with Crippen LogP contribution in [0, 0.1) is 0 Å². The maximum Gasteiger partial charge on any atom is 0.337 e. The minimum Gasteiger partial charge on any atom is -0.463 e. The molecule has 0 radical (unpaired) electrons. The first-order valence-electron chi connectivity index (χ1n) is 5.70. The van der Waals surface area contributed by atoms with E-state index in [2.05, 4.69) is 22.1 Å². The molecule has 1 aliphatic heterocycles. The van der Waals surface area contributed by atoms with E-state index in [-0.39, 0.29) is 5.97 Å². The minimum atomic E-state index is -0.329. The average Bonchev–Trinajstić information content (AvgIpc) is 2.80. The van der Waals surface area contributed by atoms with Crippen molar-refractivity contribution in [3.8, 4) is 0 Å². The summed E-state index contributed by atoms with van der Waals surface area (Å²) < 4.78 is 6.61. The van der Waals surface area contributed by atoms with Gasteiger partial charge in [-0.2, -0.15) is 0 Å². The molecule has 0 aromatic carbocycles. The fraction of sp³-hybridized carbons (Fsp3) is 0.455. The van der Waals surface area contributed by atoms with Crippen LogP contribution in [0.3, 0.4) is 0 Å². The van der Waals surface area contributed by atoms with Crippen molar-refractivity contribution in [3.05, 3.63) is 23.9 Å². The molecule has 0 N–H and O–H groups in total. The Kier molecular flexibility index (Phi) is 3.40. The van der Waals surface area contributed by atoms with Gasteiger partial charge in [-0.3, -0.25) is 0 Å². The molecule has 96 valence electrons. The zero-order valence-electron chi connectivity index (χ0n) is 10.5. The van der Waals surface area contributed by atoms with Crippen LogP contribution in [0.4, 0.5) is 5.95 Å². The summed E-state index contributed by atoms with van der Waals surface area (Å²) >= 11 is 0. The number of tetrazole rings is 1. The number of rotatable bonds is 4. The number of fused-ring (bicyclic) bond motifs is 1. The van der Waals surface area contributed by atoms with Gasteiger partial charge in [0.2, 0.25) is 5.95 Å². The molecule has 2 heterocycles. The third kappa shape index (κ3) is 1.99. The third-order valence-electron chi connectivity index (χ3n) is 2.74. The van der Waals surface area contributed by atoms with E-state index in [1.54, 1.807) is 17.7 Å². The van der Waals surface area contributed by atoms with Crippen molar-refractivity contribution in [3.63, 3.8) is 0 Å². The van der Waals surface area contributed by atoms with Crippen LogP contribution in [0.25, 0.3) is 0 Å². The number of hydrogen-bond acceptors (Lipinski definition) is 6. The summed E-state index contributed by atoms with van der Waals surface area (Å²) in [6.45, 7) is 8.55. The Hall–Kier alpha value is -2.18. The van der Waals surface area contributed by atoms with Crippen LogP contribution in [0.5, 0.6) is 0 Å². The van der Waals surface area contributed by atoms with Gasteiger partial charge in [0, 0.05) is 12.2 Å². The van der Waals surface area contributed by atoms with Crippen molar-refractivity contribution in [2.45, 2.75) is 20.4 Å². The molecule has 0 fully saturated rings. The van der Waals surface area contributed by atoms with Gasteiger partial charge in [-0.25, -0.2) is 9.48 Å². The first-order valence-corrected chi connectivity index (χ1v) is 5.70. The van der Waals surface area contributed by atoms with E-state index >= 15 is 0 Å². The highest BCUT2D eigenvalue weighted by atomic mass is 16.5. The normalized spacial score (nSPS) is 14.4. The minimum absolute atomic E-state index is 0.329. The quantitative estimate of drug-likeness (QED) is 0.572.